The highest BCUT2D eigenvalue weighted by Crippen LogP contribution is 2.38. The Hall–Kier alpha value is -3.70. The minimum absolute atomic E-state index is 0.278. The summed E-state index contributed by atoms with van der Waals surface area (Å²) in [6.07, 6.45) is 13.2. The lowest BCUT2D eigenvalue weighted by Gasteiger charge is -2.23. The average molecular weight is 726 g/mol. The third kappa shape index (κ3) is 5.72. The van der Waals surface area contributed by atoms with Gasteiger partial charge in [0, 0.05) is 80.0 Å². The van der Waals surface area contributed by atoms with Crippen LogP contribution in [-0.2, 0) is 14.1 Å². The number of fused-ring (bicyclic) bond motifs is 2. The minimum Gasteiger partial charge on any atom is -0.383 e. The number of nitrogens with zero attached hydrogens (tertiary/aromatic N) is 10. The molecule has 6 aromatic rings. The van der Waals surface area contributed by atoms with Gasteiger partial charge in [-0.05, 0) is 35.3 Å². The van der Waals surface area contributed by atoms with Crippen LogP contribution in [0.15, 0.2) is 41.7 Å². The van der Waals surface area contributed by atoms with Gasteiger partial charge in [0.15, 0.2) is 11.3 Å². The third-order valence-electron chi connectivity index (χ3n) is 8.24. The Morgan fingerprint density at radius 1 is 0.826 bits per heavy atom. The first-order valence-electron chi connectivity index (χ1n) is 15.0. The van der Waals surface area contributed by atoms with E-state index in [1.807, 2.05) is 44.4 Å². The second-order valence-corrected chi connectivity index (χ2v) is 13.9. The van der Waals surface area contributed by atoms with Gasteiger partial charge in [-0.3, -0.25) is 9.36 Å². The highest BCUT2D eigenvalue weighted by atomic mass is 79.9. The van der Waals surface area contributed by atoms with Crippen molar-refractivity contribution < 1.29 is 0 Å². The van der Waals surface area contributed by atoms with Crippen LogP contribution in [0.1, 0.15) is 35.4 Å². The molecule has 14 nitrogen and oxygen atoms in total. The number of nitrogen functional groups attached to an aromatic ring is 2. The quantitative estimate of drug-likeness (QED) is 0.209. The normalized spacial score (nSPS) is 18.6. The summed E-state index contributed by atoms with van der Waals surface area (Å²) in [5.41, 5.74) is 19.6. The number of hydrogen-bond acceptors (Lipinski definition) is 11. The Kier molecular flexibility index (Phi) is 8.63. The van der Waals surface area contributed by atoms with E-state index in [1.54, 1.807) is 37.0 Å². The maximum atomic E-state index is 6.47. The van der Waals surface area contributed by atoms with Crippen LogP contribution >= 0.6 is 39.3 Å². The Morgan fingerprint density at radius 3 is 1.98 bits per heavy atom. The molecule has 0 spiro atoms. The van der Waals surface area contributed by atoms with Crippen molar-refractivity contribution in [2.24, 2.45) is 14.1 Å². The zero-order valence-electron chi connectivity index (χ0n) is 25.4. The summed E-state index contributed by atoms with van der Waals surface area (Å²) in [6, 6.07) is 0. The Bertz CT molecular complexity index is 1870. The van der Waals surface area contributed by atoms with E-state index in [2.05, 4.69) is 47.0 Å². The number of nitrogens with two attached hydrogens (primary N) is 2. The summed E-state index contributed by atoms with van der Waals surface area (Å²) >= 11 is 12.0. The number of aromatic nitrogens is 10. The molecule has 8 heterocycles. The number of halogens is 2. The van der Waals surface area contributed by atoms with Gasteiger partial charge < -0.3 is 22.1 Å². The Morgan fingerprint density at radius 2 is 1.43 bits per heavy atom. The van der Waals surface area contributed by atoms with E-state index in [9.17, 15) is 0 Å². The molecule has 2 saturated heterocycles. The van der Waals surface area contributed by atoms with Crippen molar-refractivity contribution in [2.75, 3.05) is 43.4 Å². The molecule has 2 unspecified atom stereocenters. The standard InChI is InChI=1S/C15H18ClN7.C14H16BrN7S/c1-22-8-10(6-19-22)11-7-20-23-14(17)12(16)13(21-15(11)23)9-3-2-4-18-5-9;1-21-7-8(4-18-21)9-5-19-22-13(16)11(15)12(20-14(9)22)10-6-17-2-3-23-10/h6-9,18H,2-5,17H2,1H3;4-5,7,10,17H,2-3,6,16H2,1H3. The van der Waals surface area contributed by atoms with Gasteiger partial charge in [0.25, 0.3) is 0 Å². The molecule has 0 saturated carbocycles. The van der Waals surface area contributed by atoms with Crippen LogP contribution in [0.4, 0.5) is 11.6 Å². The molecule has 46 heavy (non-hydrogen) atoms. The van der Waals surface area contributed by atoms with Crippen molar-refractivity contribution in [1.29, 1.82) is 0 Å². The van der Waals surface area contributed by atoms with Crippen LogP contribution in [0.5, 0.6) is 0 Å². The molecule has 0 aliphatic carbocycles. The molecule has 0 amide bonds. The van der Waals surface area contributed by atoms with Crippen molar-refractivity contribution in [3.8, 4) is 22.3 Å². The molecule has 240 valence electrons. The SMILES string of the molecule is Cn1cc(-c2cnn3c(N)c(Br)c(C4CNCCS4)nc23)cn1.Cn1cc(-c2cnn3c(N)c(Cl)c(C4CCCNC4)nc23)cn1. The lowest BCUT2D eigenvalue weighted by Crippen LogP contribution is -2.29. The highest BCUT2D eigenvalue weighted by molar-refractivity contribution is 9.10. The van der Waals surface area contributed by atoms with Gasteiger partial charge in [0.05, 0.1) is 45.9 Å². The molecule has 2 atom stereocenters. The summed E-state index contributed by atoms with van der Waals surface area (Å²) < 4.78 is 7.63. The summed E-state index contributed by atoms with van der Waals surface area (Å²) in [5, 5.41) is 24.8. The lowest BCUT2D eigenvalue weighted by molar-refractivity contribution is 0.455. The maximum Gasteiger partial charge on any atom is 0.165 e. The van der Waals surface area contributed by atoms with Crippen molar-refractivity contribution in [1.82, 2.24) is 59.4 Å². The zero-order valence-corrected chi connectivity index (χ0v) is 28.5. The molecule has 0 bridgehead atoms. The summed E-state index contributed by atoms with van der Waals surface area (Å²) in [7, 11) is 3.77. The first-order chi connectivity index (χ1) is 22.3. The van der Waals surface area contributed by atoms with Crippen LogP contribution in [0.3, 0.4) is 0 Å². The predicted molar refractivity (Wildman–Crippen MR) is 185 cm³/mol. The second-order valence-electron chi connectivity index (χ2n) is 11.4. The maximum absolute atomic E-state index is 6.47. The van der Waals surface area contributed by atoms with E-state index in [0.29, 0.717) is 16.7 Å². The smallest absolute Gasteiger partial charge is 0.165 e. The number of piperidine rings is 1. The first kappa shape index (κ1) is 30.9. The van der Waals surface area contributed by atoms with E-state index in [1.165, 1.54) is 0 Å². The fraction of sp³-hybridized carbons (Fsp3) is 0.379. The average Bonchev–Trinajstić information content (AvgIpc) is 3.88. The molecular weight excluding hydrogens is 692 g/mol. The molecule has 6 N–H and O–H groups in total. The van der Waals surface area contributed by atoms with Crippen molar-refractivity contribution in [2.45, 2.75) is 24.0 Å². The van der Waals surface area contributed by atoms with E-state index < -0.39 is 0 Å². The van der Waals surface area contributed by atoms with Crippen molar-refractivity contribution in [3.05, 3.63) is 58.1 Å². The lowest BCUT2D eigenvalue weighted by atomic mass is 9.95. The summed E-state index contributed by atoms with van der Waals surface area (Å²) in [5.74, 6) is 2.36. The molecule has 2 aliphatic heterocycles. The summed E-state index contributed by atoms with van der Waals surface area (Å²) in [4.78, 5) is 9.70. The largest absolute Gasteiger partial charge is 0.383 e. The number of nitrogens with one attached hydrogen (secondary N) is 2. The molecule has 6 aromatic heterocycles. The first-order valence-corrected chi connectivity index (χ1v) is 17.2. The fourth-order valence-corrected chi connectivity index (χ4v) is 7.94. The van der Waals surface area contributed by atoms with Crippen LogP contribution in [0.2, 0.25) is 5.02 Å². The van der Waals surface area contributed by atoms with E-state index in [4.69, 9.17) is 33.0 Å². The Labute approximate surface area is 282 Å². The topological polar surface area (TPSA) is 172 Å². The van der Waals surface area contributed by atoms with Gasteiger partial charge >= 0.3 is 0 Å². The number of aryl methyl sites for hydroxylation is 2. The zero-order chi connectivity index (χ0) is 31.9. The number of anilines is 2. The molecule has 0 aromatic carbocycles. The number of rotatable bonds is 4. The molecule has 0 radical (unpaired) electrons. The predicted octanol–water partition coefficient (Wildman–Crippen LogP) is 3.68. The van der Waals surface area contributed by atoms with Gasteiger partial charge in [0.1, 0.15) is 16.7 Å². The van der Waals surface area contributed by atoms with Gasteiger partial charge in [-0.1, -0.05) is 11.6 Å². The van der Waals surface area contributed by atoms with E-state index >= 15 is 0 Å². The van der Waals surface area contributed by atoms with Crippen molar-refractivity contribution in [3.63, 3.8) is 0 Å². The van der Waals surface area contributed by atoms with Crippen LogP contribution in [0.25, 0.3) is 33.5 Å². The van der Waals surface area contributed by atoms with Crippen LogP contribution in [-0.4, -0.2) is 80.7 Å². The molecule has 8 rings (SSSR count). The molecular formula is C29H34BrClN14S. The van der Waals surface area contributed by atoms with E-state index in [-0.39, 0.29) is 11.2 Å². The van der Waals surface area contributed by atoms with Gasteiger partial charge in [-0.15, -0.1) is 11.8 Å². The van der Waals surface area contributed by atoms with Crippen LogP contribution < -0.4 is 22.1 Å². The fourth-order valence-electron chi connectivity index (χ4n) is 5.86. The summed E-state index contributed by atoms with van der Waals surface area (Å²) in [6.45, 7) is 3.84. The van der Waals surface area contributed by atoms with Gasteiger partial charge in [0.2, 0.25) is 0 Å². The molecule has 17 heteroatoms. The number of hydrogen-bond donors (Lipinski definition) is 4. The Balaban J connectivity index is 0.000000147. The minimum atomic E-state index is 0.278. The molecule has 2 fully saturated rings. The third-order valence-corrected chi connectivity index (χ3v) is 10.7. The number of thioether (sulfide) groups is 1. The van der Waals surface area contributed by atoms with E-state index in [0.717, 1.165) is 94.2 Å². The highest BCUT2D eigenvalue weighted by Gasteiger charge is 2.26. The monoisotopic (exact) mass is 724 g/mol. The van der Waals surface area contributed by atoms with Gasteiger partial charge in [-0.2, -0.15) is 29.4 Å². The molecule has 2 aliphatic rings. The van der Waals surface area contributed by atoms with Crippen molar-refractivity contribution >= 4 is 62.2 Å². The van der Waals surface area contributed by atoms with Gasteiger partial charge in [-0.25, -0.2) is 9.97 Å². The van der Waals surface area contributed by atoms with Crippen LogP contribution in [0, 0.1) is 0 Å². The second kappa shape index (κ2) is 12.8.